The standard InChI is InChI=1S/C34H37ClN8O3/c1-20(2)9-26-24(11-36)32(22-5-6-28-29(10-22)46-17-31(44)42(28)16-30-37-12-23(35)13-38-30)25-14-39-43(33(25)40-26)27-7-8-41(15-21(27)3)34(4)18-45-19-34/h5-6,10,12-14,20-21,27H,7-9,15-19H2,1-4H3/t21-,27-/m0/s1. The number of likely N-dealkylation sites (tertiary alicyclic amines) is 1. The maximum absolute atomic E-state index is 12.9. The minimum absolute atomic E-state index is 0.111. The van der Waals surface area contributed by atoms with E-state index in [0.29, 0.717) is 46.1 Å². The number of hydrogen-bond acceptors (Lipinski definition) is 9. The van der Waals surface area contributed by atoms with E-state index in [1.807, 2.05) is 24.4 Å². The van der Waals surface area contributed by atoms with E-state index >= 15 is 0 Å². The van der Waals surface area contributed by atoms with Crippen molar-refractivity contribution in [2.75, 3.05) is 37.8 Å². The van der Waals surface area contributed by atoms with Crippen molar-refractivity contribution in [1.82, 2.24) is 29.6 Å². The molecule has 3 aliphatic heterocycles. The number of anilines is 1. The highest BCUT2D eigenvalue weighted by molar-refractivity contribution is 6.30. The highest BCUT2D eigenvalue weighted by Crippen LogP contribution is 2.42. The van der Waals surface area contributed by atoms with Gasteiger partial charge in [0, 0.05) is 36.4 Å². The van der Waals surface area contributed by atoms with Crippen molar-refractivity contribution in [2.45, 2.75) is 58.7 Å². The Morgan fingerprint density at radius 1 is 1.20 bits per heavy atom. The minimum Gasteiger partial charge on any atom is -0.482 e. The van der Waals surface area contributed by atoms with Crippen LogP contribution < -0.4 is 9.64 Å². The summed E-state index contributed by atoms with van der Waals surface area (Å²) in [5.74, 6) is 1.48. The predicted octanol–water partition coefficient (Wildman–Crippen LogP) is 5.21. The van der Waals surface area contributed by atoms with Crippen LogP contribution in [0.4, 0.5) is 5.69 Å². The van der Waals surface area contributed by atoms with Gasteiger partial charge in [-0.15, -0.1) is 0 Å². The molecule has 11 nitrogen and oxygen atoms in total. The van der Waals surface area contributed by atoms with E-state index in [1.54, 1.807) is 4.90 Å². The lowest BCUT2D eigenvalue weighted by Crippen LogP contribution is -2.63. The number of amides is 1. The summed E-state index contributed by atoms with van der Waals surface area (Å²) in [6, 6.07) is 8.36. The molecule has 3 aliphatic rings. The number of nitrogens with zero attached hydrogens (tertiary/aromatic N) is 8. The largest absolute Gasteiger partial charge is 0.482 e. The molecule has 0 radical (unpaired) electrons. The molecule has 2 atom stereocenters. The Bertz CT molecular complexity index is 1850. The van der Waals surface area contributed by atoms with Gasteiger partial charge in [0.1, 0.15) is 17.6 Å². The fourth-order valence-electron chi connectivity index (χ4n) is 6.97. The topological polar surface area (TPSA) is 122 Å². The summed E-state index contributed by atoms with van der Waals surface area (Å²) in [6.07, 6.45) is 6.50. The van der Waals surface area contributed by atoms with E-state index in [9.17, 15) is 10.1 Å². The van der Waals surface area contributed by atoms with Crippen molar-refractivity contribution in [1.29, 1.82) is 5.26 Å². The molecule has 46 heavy (non-hydrogen) atoms. The first-order chi connectivity index (χ1) is 22.1. The fraction of sp³-hybridized carbons (Fsp3) is 0.471. The Morgan fingerprint density at radius 3 is 2.65 bits per heavy atom. The van der Waals surface area contributed by atoms with Crippen LogP contribution in [-0.4, -0.2) is 74.0 Å². The number of carbonyl (C=O) groups excluding carboxylic acids is 1. The van der Waals surface area contributed by atoms with Gasteiger partial charge in [-0.1, -0.05) is 38.4 Å². The molecule has 3 aromatic heterocycles. The molecule has 0 unspecified atom stereocenters. The molecule has 2 fully saturated rings. The number of benzene rings is 1. The minimum atomic E-state index is -0.192. The van der Waals surface area contributed by atoms with E-state index in [2.05, 4.69) is 53.3 Å². The molecule has 1 amide bonds. The first kappa shape index (κ1) is 30.5. The molecule has 0 N–H and O–H groups in total. The van der Waals surface area contributed by atoms with Crippen molar-refractivity contribution >= 4 is 34.2 Å². The zero-order valence-electron chi connectivity index (χ0n) is 26.5. The van der Waals surface area contributed by atoms with Crippen LogP contribution in [-0.2, 0) is 22.5 Å². The van der Waals surface area contributed by atoms with Crippen LogP contribution in [0, 0.1) is 23.2 Å². The molecule has 0 aliphatic carbocycles. The Morgan fingerprint density at radius 2 is 1.98 bits per heavy atom. The third-order valence-electron chi connectivity index (χ3n) is 9.46. The smallest absolute Gasteiger partial charge is 0.265 e. The molecule has 0 spiro atoms. The maximum Gasteiger partial charge on any atom is 0.265 e. The highest BCUT2D eigenvalue weighted by atomic mass is 35.5. The predicted molar refractivity (Wildman–Crippen MR) is 174 cm³/mol. The summed E-state index contributed by atoms with van der Waals surface area (Å²) in [4.78, 5) is 30.8. The highest BCUT2D eigenvalue weighted by Gasteiger charge is 2.43. The van der Waals surface area contributed by atoms with Gasteiger partial charge in [-0.05, 0) is 49.3 Å². The number of piperidine rings is 1. The number of hydrogen-bond donors (Lipinski definition) is 0. The molecule has 1 aromatic carbocycles. The van der Waals surface area contributed by atoms with Crippen LogP contribution in [0.15, 0.2) is 36.8 Å². The molecule has 12 heteroatoms. The van der Waals surface area contributed by atoms with Gasteiger partial charge in [0.25, 0.3) is 5.91 Å². The number of carbonyl (C=O) groups is 1. The summed E-state index contributed by atoms with van der Waals surface area (Å²) >= 11 is 5.96. The van der Waals surface area contributed by atoms with Gasteiger partial charge in [-0.3, -0.25) is 14.6 Å². The maximum atomic E-state index is 12.9. The normalized spacial score (nSPS) is 21.2. The van der Waals surface area contributed by atoms with Gasteiger partial charge in [0.2, 0.25) is 0 Å². The number of pyridine rings is 1. The Kier molecular flexibility index (Phi) is 7.91. The van der Waals surface area contributed by atoms with Gasteiger partial charge >= 0.3 is 0 Å². The number of aromatic nitrogens is 5. The molecule has 2 saturated heterocycles. The molecule has 7 rings (SSSR count). The van der Waals surface area contributed by atoms with Crippen LogP contribution in [0.2, 0.25) is 5.02 Å². The molecular formula is C34H37ClN8O3. The van der Waals surface area contributed by atoms with E-state index in [1.165, 1.54) is 12.4 Å². The molecule has 0 bridgehead atoms. The second-order valence-corrected chi connectivity index (χ2v) is 13.8. The number of ether oxygens (including phenoxy) is 2. The zero-order valence-corrected chi connectivity index (χ0v) is 27.3. The van der Waals surface area contributed by atoms with E-state index in [-0.39, 0.29) is 30.6 Å². The van der Waals surface area contributed by atoms with E-state index in [4.69, 9.17) is 31.2 Å². The van der Waals surface area contributed by atoms with Crippen LogP contribution in [0.3, 0.4) is 0 Å². The SMILES string of the molecule is CC(C)Cc1nc2c(cnn2[C@H]2CCN(C3(C)COC3)C[C@@H]2C)c(-c2ccc3c(c2)OCC(=O)N3Cc2ncc(Cl)cn2)c1C#N. The number of halogens is 1. The number of nitriles is 1. The van der Waals surface area contributed by atoms with Crippen molar-refractivity contribution in [3.8, 4) is 22.9 Å². The summed E-state index contributed by atoms with van der Waals surface area (Å²) in [5, 5.41) is 16.7. The lowest BCUT2D eigenvalue weighted by molar-refractivity contribution is -0.143. The van der Waals surface area contributed by atoms with Crippen molar-refractivity contribution in [3.63, 3.8) is 0 Å². The first-order valence-electron chi connectivity index (χ1n) is 15.8. The molecule has 0 saturated carbocycles. The monoisotopic (exact) mass is 640 g/mol. The molecular weight excluding hydrogens is 604 g/mol. The third-order valence-corrected chi connectivity index (χ3v) is 9.65. The van der Waals surface area contributed by atoms with Crippen molar-refractivity contribution in [2.24, 2.45) is 11.8 Å². The van der Waals surface area contributed by atoms with Crippen molar-refractivity contribution < 1.29 is 14.3 Å². The second-order valence-electron chi connectivity index (χ2n) is 13.4. The molecule has 6 heterocycles. The van der Waals surface area contributed by atoms with Gasteiger partial charge in [0.05, 0.1) is 59.5 Å². The lowest BCUT2D eigenvalue weighted by atomic mass is 9.88. The van der Waals surface area contributed by atoms with E-state index in [0.717, 1.165) is 60.6 Å². The van der Waals surface area contributed by atoms with Gasteiger partial charge < -0.3 is 9.47 Å². The van der Waals surface area contributed by atoms with Crippen molar-refractivity contribution in [3.05, 3.63) is 58.9 Å². The first-order valence-corrected chi connectivity index (χ1v) is 16.2. The van der Waals surface area contributed by atoms with Crippen LogP contribution in [0.25, 0.3) is 22.2 Å². The van der Waals surface area contributed by atoms with E-state index < -0.39 is 0 Å². The third kappa shape index (κ3) is 5.38. The lowest BCUT2D eigenvalue weighted by Gasteiger charge is -2.51. The average molecular weight is 641 g/mol. The van der Waals surface area contributed by atoms with Gasteiger partial charge in [0.15, 0.2) is 12.3 Å². The molecule has 238 valence electrons. The zero-order chi connectivity index (χ0) is 32.2. The summed E-state index contributed by atoms with van der Waals surface area (Å²) < 4.78 is 13.6. The number of fused-ring (bicyclic) bond motifs is 2. The van der Waals surface area contributed by atoms with Crippen LogP contribution in [0.1, 0.15) is 57.2 Å². The Hall–Kier alpha value is -4.11. The number of rotatable bonds is 7. The summed E-state index contributed by atoms with van der Waals surface area (Å²) in [6.45, 7) is 12.4. The quantitative estimate of drug-likeness (QED) is 0.268. The van der Waals surface area contributed by atoms with Gasteiger partial charge in [-0.2, -0.15) is 10.4 Å². The van der Waals surface area contributed by atoms with Crippen LogP contribution >= 0.6 is 11.6 Å². The fourth-order valence-corrected chi connectivity index (χ4v) is 7.06. The molecule has 4 aromatic rings. The van der Waals surface area contributed by atoms with Crippen LogP contribution in [0.5, 0.6) is 5.75 Å². The van der Waals surface area contributed by atoms with Gasteiger partial charge in [-0.25, -0.2) is 19.6 Å². The summed E-state index contributed by atoms with van der Waals surface area (Å²) in [7, 11) is 0. The summed E-state index contributed by atoms with van der Waals surface area (Å²) in [5.41, 5.74) is 4.43. The average Bonchev–Trinajstić information content (AvgIpc) is 3.44. The Labute approximate surface area is 273 Å². The Balaban J connectivity index is 1.29. The second kappa shape index (κ2) is 11.9.